The van der Waals surface area contributed by atoms with Crippen molar-refractivity contribution in [2.75, 3.05) is 0 Å². The Labute approximate surface area is 171 Å². The molecule has 1 unspecified atom stereocenters. The molecule has 1 atom stereocenters. The van der Waals surface area contributed by atoms with Crippen LogP contribution in [0.5, 0.6) is 5.75 Å². The lowest BCUT2D eigenvalue weighted by Crippen LogP contribution is -2.29. The molecule has 1 aliphatic rings. The van der Waals surface area contributed by atoms with Crippen LogP contribution in [0.25, 0.3) is 5.76 Å². The van der Waals surface area contributed by atoms with E-state index in [1.807, 2.05) is 0 Å². The molecular formula is C23H17FN2O4. The molecule has 0 bridgehead atoms. The molecule has 1 saturated heterocycles. The predicted octanol–water partition coefficient (Wildman–Crippen LogP) is 1.77. The first-order chi connectivity index (χ1) is 14.5. The highest BCUT2D eigenvalue weighted by atomic mass is 19.1. The molecule has 0 spiro atoms. The first-order valence-electron chi connectivity index (χ1n) is 9.22. The van der Waals surface area contributed by atoms with E-state index < -0.39 is 29.3 Å². The largest absolute Gasteiger partial charge is 0.872 e. The summed E-state index contributed by atoms with van der Waals surface area (Å²) in [6, 6.07) is 13.4. The van der Waals surface area contributed by atoms with E-state index in [1.165, 1.54) is 29.2 Å². The molecule has 0 aliphatic carbocycles. The number of carbonyl (C=O) groups is 2. The molecule has 0 saturated carbocycles. The highest BCUT2D eigenvalue weighted by Crippen LogP contribution is 2.39. The smallest absolute Gasteiger partial charge is 0.295 e. The Hall–Kier alpha value is -4.00. The van der Waals surface area contributed by atoms with Gasteiger partial charge in [-0.15, -0.1) is 0 Å². The number of aromatic amines is 1. The first-order valence-corrected chi connectivity index (χ1v) is 9.22. The fraction of sp³-hybridized carbons (Fsp3) is 0.0870. The molecule has 2 aromatic carbocycles. The number of hydrogen-bond acceptors (Lipinski definition) is 4. The Morgan fingerprint density at radius 3 is 2.40 bits per heavy atom. The second-order valence-corrected chi connectivity index (χ2v) is 6.92. The number of phenols is 1. The second-order valence-electron chi connectivity index (χ2n) is 6.92. The molecule has 1 fully saturated rings. The highest BCUT2D eigenvalue weighted by molar-refractivity contribution is 6.46. The standard InChI is InChI=1S/C23H17FN2O4/c24-17-7-3-16(4-8-17)21(28)19-20(15-5-9-18(27)10-6-15)26(23(30)22(19)29)13-14-2-1-11-25-12-14/h1-12,20,27-28H,13H2. The number of hydrogen-bond donors (Lipinski definition) is 1. The molecule has 6 nitrogen and oxygen atoms in total. The van der Waals surface area contributed by atoms with Crippen LogP contribution in [0.1, 0.15) is 22.7 Å². The van der Waals surface area contributed by atoms with Crippen LogP contribution >= 0.6 is 0 Å². The summed E-state index contributed by atoms with van der Waals surface area (Å²) >= 11 is 0. The van der Waals surface area contributed by atoms with Gasteiger partial charge in [0.2, 0.25) is 5.78 Å². The molecule has 3 aromatic rings. The molecular weight excluding hydrogens is 387 g/mol. The average molecular weight is 404 g/mol. The van der Waals surface area contributed by atoms with Crippen molar-refractivity contribution in [2.24, 2.45) is 0 Å². The number of aromatic nitrogens is 1. The van der Waals surface area contributed by atoms with Crippen LogP contribution in [0.2, 0.25) is 0 Å². The van der Waals surface area contributed by atoms with Gasteiger partial charge in [-0.3, -0.25) is 9.59 Å². The molecule has 0 radical (unpaired) electrons. The lowest BCUT2D eigenvalue weighted by Gasteiger charge is -2.27. The van der Waals surface area contributed by atoms with Crippen LogP contribution in [0.15, 0.2) is 78.6 Å². The van der Waals surface area contributed by atoms with Crippen LogP contribution < -0.4 is 10.1 Å². The minimum absolute atomic E-state index is 0.0185. The van der Waals surface area contributed by atoms with Crippen molar-refractivity contribution in [3.8, 4) is 5.75 Å². The van der Waals surface area contributed by atoms with Gasteiger partial charge in [-0.05, 0) is 41.5 Å². The number of Topliss-reactive ketones (excluding diaryl/α,β-unsaturated/α-hetero) is 1. The normalized spacial score (nSPS) is 18.0. The van der Waals surface area contributed by atoms with Crippen LogP contribution in [0, 0.1) is 5.82 Å². The van der Waals surface area contributed by atoms with Crippen molar-refractivity contribution in [1.29, 1.82) is 0 Å². The number of benzene rings is 2. The maximum absolute atomic E-state index is 13.3. The fourth-order valence-electron chi connectivity index (χ4n) is 3.52. The van der Waals surface area contributed by atoms with E-state index in [4.69, 9.17) is 0 Å². The summed E-state index contributed by atoms with van der Waals surface area (Å²) in [7, 11) is 0. The summed E-state index contributed by atoms with van der Waals surface area (Å²) in [5, 5.41) is 22.8. The number of rotatable bonds is 4. The Balaban J connectivity index is 1.85. The zero-order chi connectivity index (χ0) is 21.3. The topological polar surface area (TPSA) is 94.8 Å². The Morgan fingerprint density at radius 1 is 1.07 bits per heavy atom. The van der Waals surface area contributed by atoms with Crippen molar-refractivity contribution in [1.82, 2.24) is 4.90 Å². The van der Waals surface area contributed by atoms with Gasteiger partial charge >= 0.3 is 0 Å². The van der Waals surface area contributed by atoms with Crippen molar-refractivity contribution < 1.29 is 29.2 Å². The van der Waals surface area contributed by atoms with Crippen LogP contribution in [0.3, 0.4) is 0 Å². The Morgan fingerprint density at radius 2 is 1.77 bits per heavy atom. The van der Waals surface area contributed by atoms with Gasteiger partial charge in [0.15, 0.2) is 12.4 Å². The molecule has 4 rings (SSSR count). The summed E-state index contributed by atoms with van der Waals surface area (Å²) < 4.78 is 13.3. The number of pyridine rings is 1. The Kier molecular flexibility index (Phi) is 5.02. The van der Waals surface area contributed by atoms with Gasteiger partial charge in [-0.2, -0.15) is 0 Å². The number of ketones is 1. The number of nitrogens with one attached hydrogen (secondary N) is 1. The van der Waals surface area contributed by atoms with E-state index in [-0.39, 0.29) is 23.4 Å². The molecule has 1 aliphatic heterocycles. The summed E-state index contributed by atoms with van der Waals surface area (Å²) in [4.78, 5) is 30.0. The van der Waals surface area contributed by atoms with Gasteiger partial charge in [0, 0.05) is 17.2 Å². The average Bonchev–Trinajstić information content (AvgIpc) is 3.00. The molecule has 150 valence electrons. The van der Waals surface area contributed by atoms with Crippen LogP contribution in [0.4, 0.5) is 4.39 Å². The predicted molar refractivity (Wildman–Crippen MR) is 103 cm³/mol. The maximum Gasteiger partial charge on any atom is 0.295 e. The number of halogens is 1. The van der Waals surface area contributed by atoms with Gasteiger partial charge in [-0.1, -0.05) is 30.0 Å². The van der Waals surface area contributed by atoms with Crippen molar-refractivity contribution in [2.45, 2.75) is 12.6 Å². The third kappa shape index (κ3) is 3.53. The van der Waals surface area contributed by atoms with Gasteiger partial charge < -0.3 is 15.1 Å². The molecule has 30 heavy (non-hydrogen) atoms. The van der Waals surface area contributed by atoms with Gasteiger partial charge in [0.1, 0.15) is 11.6 Å². The van der Waals surface area contributed by atoms with Crippen molar-refractivity contribution >= 4 is 17.4 Å². The molecule has 1 amide bonds. The van der Waals surface area contributed by atoms with Crippen LogP contribution in [-0.2, 0) is 16.1 Å². The van der Waals surface area contributed by atoms with Gasteiger partial charge in [-0.25, -0.2) is 9.37 Å². The van der Waals surface area contributed by atoms with Crippen molar-refractivity contribution in [3.63, 3.8) is 0 Å². The summed E-state index contributed by atoms with van der Waals surface area (Å²) in [5.74, 6) is -2.80. The summed E-state index contributed by atoms with van der Waals surface area (Å²) in [6.45, 7) is 0.105. The van der Waals surface area contributed by atoms with Gasteiger partial charge in [0.05, 0.1) is 12.6 Å². The summed E-state index contributed by atoms with van der Waals surface area (Å²) in [5.41, 5.74) is 1.18. The Bertz CT molecular complexity index is 1130. The zero-order valence-corrected chi connectivity index (χ0v) is 15.7. The molecule has 2 heterocycles. The highest BCUT2D eigenvalue weighted by Gasteiger charge is 2.44. The van der Waals surface area contributed by atoms with E-state index in [1.54, 1.807) is 36.7 Å². The van der Waals surface area contributed by atoms with Crippen LogP contribution in [-0.4, -0.2) is 21.7 Å². The number of H-pyrrole nitrogens is 1. The zero-order valence-electron chi connectivity index (χ0n) is 15.7. The van der Waals surface area contributed by atoms with E-state index in [2.05, 4.69) is 4.98 Å². The van der Waals surface area contributed by atoms with Gasteiger partial charge in [0.25, 0.3) is 5.91 Å². The van der Waals surface area contributed by atoms with E-state index in [9.17, 15) is 24.2 Å². The number of aromatic hydroxyl groups is 1. The maximum atomic E-state index is 13.3. The lowest BCUT2D eigenvalue weighted by molar-refractivity contribution is -0.378. The third-order valence-corrected chi connectivity index (χ3v) is 4.97. The number of nitrogens with zero attached hydrogens (tertiary/aromatic N) is 1. The number of amides is 1. The number of likely N-dealkylation sites (tertiary alicyclic amines) is 1. The number of phenolic OH excluding ortho intramolecular Hbond substituents is 1. The van der Waals surface area contributed by atoms with E-state index in [0.29, 0.717) is 5.56 Å². The molecule has 1 aromatic heterocycles. The minimum Gasteiger partial charge on any atom is -0.872 e. The SMILES string of the molecule is O=C1C(=O)N(Cc2ccc[nH+]c2)C(c2ccc(O)cc2)C1=C([O-])c1ccc(F)cc1. The summed E-state index contributed by atoms with van der Waals surface area (Å²) in [6.07, 6.45) is 3.42. The van der Waals surface area contributed by atoms with Crippen molar-refractivity contribution in [3.05, 3.63) is 101 Å². The van der Waals surface area contributed by atoms with E-state index >= 15 is 0 Å². The first kappa shape index (κ1) is 19.3. The molecule has 2 N–H and O–H groups in total. The second kappa shape index (κ2) is 7.79. The quantitative estimate of drug-likeness (QED) is 0.407. The third-order valence-electron chi connectivity index (χ3n) is 4.97. The monoisotopic (exact) mass is 404 g/mol. The van der Waals surface area contributed by atoms with E-state index in [0.717, 1.165) is 17.7 Å². The minimum atomic E-state index is -0.927. The number of carbonyl (C=O) groups excluding carboxylic acids is 2. The lowest BCUT2D eigenvalue weighted by atomic mass is 9.95. The molecule has 7 heteroatoms. The fourth-order valence-corrected chi connectivity index (χ4v) is 3.52.